The van der Waals surface area contributed by atoms with Gasteiger partial charge in [-0.3, -0.25) is 4.79 Å². The molecule has 0 radical (unpaired) electrons. The van der Waals surface area contributed by atoms with Gasteiger partial charge in [0.15, 0.2) is 0 Å². The zero-order valence-electron chi connectivity index (χ0n) is 12.3. The van der Waals surface area contributed by atoms with Crippen LogP contribution in [0.25, 0.3) is 0 Å². The van der Waals surface area contributed by atoms with Crippen LogP contribution in [0, 0.1) is 5.92 Å². The third-order valence-corrected chi connectivity index (χ3v) is 4.59. The zero-order chi connectivity index (χ0) is 13.5. The summed E-state index contributed by atoms with van der Waals surface area (Å²) in [5, 5.41) is 6.45. The zero-order valence-corrected chi connectivity index (χ0v) is 12.3. The molecule has 2 rings (SSSR count). The molecule has 0 aromatic heterocycles. The van der Waals surface area contributed by atoms with Crippen LogP contribution in [0.2, 0.25) is 0 Å². The van der Waals surface area contributed by atoms with Crippen LogP contribution in [-0.4, -0.2) is 49.6 Å². The van der Waals surface area contributed by atoms with E-state index >= 15 is 0 Å². The van der Waals surface area contributed by atoms with Gasteiger partial charge in [-0.2, -0.15) is 0 Å². The molecule has 0 spiro atoms. The molecule has 1 heterocycles. The monoisotopic (exact) mass is 267 g/mol. The Kier molecular flexibility index (Phi) is 6.11. The number of rotatable bonds is 6. The van der Waals surface area contributed by atoms with Crippen LogP contribution in [0.3, 0.4) is 0 Å². The molecule has 0 aromatic carbocycles. The van der Waals surface area contributed by atoms with Crippen molar-refractivity contribution in [1.82, 2.24) is 15.5 Å². The summed E-state index contributed by atoms with van der Waals surface area (Å²) < 4.78 is 0. The largest absolute Gasteiger partial charge is 0.352 e. The van der Waals surface area contributed by atoms with Gasteiger partial charge in [-0.25, -0.2) is 0 Å². The van der Waals surface area contributed by atoms with Crippen molar-refractivity contribution in [1.29, 1.82) is 0 Å². The predicted molar refractivity (Wildman–Crippen MR) is 78.1 cm³/mol. The molecule has 1 amide bonds. The van der Waals surface area contributed by atoms with Crippen LogP contribution in [0.4, 0.5) is 0 Å². The Labute approximate surface area is 117 Å². The average molecular weight is 267 g/mol. The predicted octanol–water partition coefficient (Wildman–Crippen LogP) is 1.37. The molecule has 1 aliphatic carbocycles. The first kappa shape index (κ1) is 14.8. The van der Waals surface area contributed by atoms with Gasteiger partial charge in [-0.1, -0.05) is 19.8 Å². The Hall–Kier alpha value is -0.610. The Bertz CT molecular complexity index is 269. The van der Waals surface area contributed by atoms with E-state index < -0.39 is 0 Å². The number of nitrogens with one attached hydrogen (secondary N) is 2. The molecule has 4 nitrogen and oxygen atoms in total. The Morgan fingerprint density at radius 1 is 1.16 bits per heavy atom. The second-order valence-electron chi connectivity index (χ2n) is 6.06. The minimum Gasteiger partial charge on any atom is -0.352 e. The molecule has 110 valence electrons. The van der Waals surface area contributed by atoms with Gasteiger partial charge < -0.3 is 15.5 Å². The highest BCUT2D eigenvalue weighted by molar-refractivity contribution is 5.78. The van der Waals surface area contributed by atoms with Gasteiger partial charge in [0, 0.05) is 6.04 Å². The molecule has 0 bridgehead atoms. The second-order valence-corrected chi connectivity index (χ2v) is 6.06. The molecule has 1 saturated heterocycles. The summed E-state index contributed by atoms with van der Waals surface area (Å²) in [7, 11) is 0. The Morgan fingerprint density at radius 3 is 2.47 bits per heavy atom. The van der Waals surface area contributed by atoms with Crippen molar-refractivity contribution in [3.05, 3.63) is 0 Å². The summed E-state index contributed by atoms with van der Waals surface area (Å²) in [6.45, 7) is 7.32. The number of hydrogen-bond acceptors (Lipinski definition) is 3. The molecule has 0 unspecified atom stereocenters. The van der Waals surface area contributed by atoms with Crippen molar-refractivity contribution in [3.63, 3.8) is 0 Å². The first-order valence-electron chi connectivity index (χ1n) is 8.00. The van der Waals surface area contributed by atoms with Gasteiger partial charge in [0.05, 0.1) is 6.54 Å². The van der Waals surface area contributed by atoms with Crippen molar-refractivity contribution in [2.75, 3.05) is 32.7 Å². The van der Waals surface area contributed by atoms with Crippen LogP contribution < -0.4 is 10.6 Å². The minimum absolute atomic E-state index is 0.179. The first-order valence-corrected chi connectivity index (χ1v) is 8.00. The normalized spacial score (nSPS) is 22.8. The number of carbonyl (C=O) groups is 1. The molecule has 2 N–H and O–H groups in total. The van der Waals surface area contributed by atoms with E-state index in [0.29, 0.717) is 12.6 Å². The topological polar surface area (TPSA) is 44.4 Å². The van der Waals surface area contributed by atoms with Crippen molar-refractivity contribution in [2.24, 2.45) is 5.92 Å². The SMILES string of the molecule is CCN1CCC(CNCC(=O)NC2CCCC2)CC1. The Balaban J connectivity index is 1.52. The summed E-state index contributed by atoms with van der Waals surface area (Å²) in [6.07, 6.45) is 7.42. The van der Waals surface area contributed by atoms with Gasteiger partial charge in [-0.05, 0) is 57.8 Å². The number of likely N-dealkylation sites (tertiary alicyclic amines) is 1. The van der Waals surface area contributed by atoms with Crippen molar-refractivity contribution in [2.45, 2.75) is 51.5 Å². The molecule has 4 heteroatoms. The average Bonchev–Trinajstić information content (AvgIpc) is 2.92. The summed E-state index contributed by atoms with van der Waals surface area (Å²) in [6, 6.07) is 0.446. The minimum atomic E-state index is 0.179. The van der Waals surface area contributed by atoms with E-state index in [2.05, 4.69) is 22.5 Å². The smallest absolute Gasteiger partial charge is 0.234 e. The van der Waals surface area contributed by atoms with Crippen LogP contribution >= 0.6 is 0 Å². The summed E-state index contributed by atoms with van der Waals surface area (Å²) in [5.41, 5.74) is 0. The third kappa shape index (κ3) is 5.11. The fraction of sp³-hybridized carbons (Fsp3) is 0.933. The van der Waals surface area contributed by atoms with Crippen molar-refractivity contribution in [3.8, 4) is 0 Å². The van der Waals surface area contributed by atoms with Crippen LogP contribution in [0.15, 0.2) is 0 Å². The highest BCUT2D eigenvalue weighted by Crippen LogP contribution is 2.17. The van der Waals surface area contributed by atoms with Crippen molar-refractivity contribution >= 4 is 5.91 Å². The second kappa shape index (κ2) is 7.85. The number of piperidine rings is 1. The van der Waals surface area contributed by atoms with Crippen LogP contribution in [0.1, 0.15) is 45.4 Å². The molecule has 1 saturated carbocycles. The molecule has 0 aromatic rings. The van der Waals surface area contributed by atoms with Gasteiger partial charge in [0.25, 0.3) is 0 Å². The molecule has 0 atom stereocenters. The molecule has 2 fully saturated rings. The fourth-order valence-electron chi connectivity index (χ4n) is 3.25. The molecule has 2 aliphatic rings. The van der Waals surface area contributed by atoms with Gasteiger partial charge in [0.2, 0.25) is 5.91 Å². The summed E-state index contributed by atoms with van der Waals surface area (Å²) in [4.78, 5) is 14.3. The van der Waals surface area contributed by atoms with E-state index in [-0.39, 0.29) is 5.91 Å². The van der Waals surface area contributed by atoms with E-state index in [0.717, 1.165) is 12.5 Å². The van der Waals surface area contributed by atoms with Crippen LogP contribution in [0.5, 0.6) is 0 Å². The van der Waals surface area contributed by atoms with Crippen LogP contribution in [-0.2, 0) is 4.79 Å². The highest BCUT2D eigenvalue weighted by Gasteiger charge is 2.19. The lowest BCUT2D eigenvalue weighted by Crippen LogP contribution is -2.42. The Morgan fingerprint density at radius 2 is 1.84 bits per heavy atom. The summed E-state index contributed by atoms with van der Waals surface area (Å²) >= 11 is 0. The van der Waals surface area contributed by atoms with Crippen molar-refractivity contribution < 1.29 is 4.79 Å². The quantitative estimate of drug-likeness (QED) is 0.764. The lowest BCUT2D eigenvalue weighted by Gasteiger charge is -2.31. The lowest BCUT2D eigenvalue weighted by atomic mass is 9.97. The number of carbonyl (C=O) groups excluding carboxylic acids is 1. The van der Waals surface area contributed by atoms with E-state index in [1.165, 1.54) is 58.2 Å². The number of amides is 1. The number of hydrogen-bond donors (Lipinski definition) is 2. The maximum atomic E-state index is 11.8. The van der Waals surface area contributed by atoms with E-state index in [4.69, 9.17) is 0 Å². The summed E-state index contributed by atoms with van der Waals surface area (Å²) in [5.74, 6) is 0.931. The van der Waals surface area contributed by atoms with E-state index in [9.17, 15) is 4.79 Å². The highest BCUT2D eigenvalue weighted by atomic mass is 16.1. The molecule has 1 aliphatic heterocycles. The number of nitrogens with zero attached hydrogens (tertiary/aromatic N) is 1. The first-order chi connectivity index (χ1) is 9.28. The third-order valence-electron chi connectivity index (χ3n) is 4.59. The molecule has 19 heavy (non-hydrogen) atoms. The molecular weight excluding hydrogens is 238 g/mol. The van der Waals surface area contributed by atoms with Gasteiger partial charge >= 0.3 is 0 Å². The lowest BCUT2D eigenvalue weighted by molar-refractivity contribution is -0.120. The molecular formula is C15H29N3O. The standard InChI is InChI=1S/C15H29N3O/c1-2-18-9-7-13(8-10-18)11-16-12-15(19)17-14-5-3-4-6-14/h13-14,16H,2-12H2,1H3,(H,17,19). The fourth-order valence-corrected chi connectivity index (χ4v) is 3.25. The van der Waals surface area contributed by atoms with E-state index in [1.54, 1.807) is 0 Å². The van der Waals surface area contributed by atoms with E-state index in [1.807, 2.05) is 0 Å². The maximum Gasteiger partial charge on any atom is 0.234 e. The van der Waals surface area contributed by atoms with Gasteiger partial charge in [-0.15, -0.1) is 0 Å². The van der Waals surface area contributed by atoms with Gasteiger partial charge in [0.1, 0.15) is 0 Å². The maximum absolute atomic E-state index is 11.8.